The number of rotatable bonds is 4. The molecule has 0 radical (unpaired) electrons. The number of carbonyl (C=O) groups excluding carboxylic acids is 2. The average Bonchev–Trinajstić information content (AvgIpc) is 3.49. The van der Waals surface area contributed by atoms with Crippen LogP contribution in [0.4, 0.5) is 0 Å². The summed E-state index contributed by atoms with van der Waals surface area (Å²) in [7, 11) is 1.34. The molecule has 3 heterocycles. The molecule has 0 atom stereocenters. The quantitative estimate of drug-likeness (QED) is 0.510. The lowest BCUT2D eigenvalue weighted by atomic mass is 9.90. The van der Waals surface area contributed by atoms with E-state index in [0.29, 0.717) is 28.2 Å². The Balaban J connectivity index is 1.36. The molecule has 1 fully saturated rings. The predicted octanol–water partition coefficient (Wildman–Crippen LogP) is 4.93. The lowest BCUT2D eigenvalue weighted by Gasteiger charge is -2.20. The molecule has 8 nitrogen and oxygen atoms in total. The van der Waals surface area contributed by atoms with Gasteiger partial charge in [0, 0.05) is 11.5 Å². The Morgan fingerprint density at radius 3 is 2.67 bits per heavy atom. The number of hydrazone groups is 1. The van der Waals surface area contributed by atoms with Crippen LogP contribution in [-0.4, -0.2) is 40.0 Å². The van der Waals surface area contributed by atoms with E-state index in [-0.39, 0.29) is 11.4 Å². The molecular formula is C24H22N4O4S. The molecule has 2 aromatic rings. The van der Waals surface area contributed by atoms with Crippen LogP contribution in [0.5, 0.6) is 0 Å². The molecule has 0 spiro atoms. The molecule has 1 amide bonds. The highest BCUT2D eigenvalue weighted by molar-refractivity contribution is 8.27. The molecule has 0 bridgehead atoms. The zero-order valence-corrected chi connectivity index (χ0v) is 18.9. The van der Waals surface area contributed by atoms with E-state index in [1.54, 1.807) is 36.4 Å². The van der Waals surface area contributed by atoms with Crippen molar-refractivity contribution in [2.45, 2.75) is 32.1 Å². The number of amidine groups is 2. The van der Waals surface area contributed by atoms with Crippen LogP contribution in [-0.2, 0) is 9.53 Å². The summed E-state index contributed by atoms with van der Waals surface area (Å²) in [6.45, 7) is 0. The molecule has 1 aromatic heterocycles. The van der Waals surface area contributed by atoms with E-state index in [0.717, 1.165) is 23.4 Å². The fourth-order valence-corrected chi connectivity index (χ4v) is 5.20. The summed E-state index contributed by atoms with van der Waals surface area (Å²) in [5, 5.41) is 16.0. The van der Waals surface area contributed by atoms with Crippen LogP contribution in [0.1, 0.15) is 48.2 Å². The predicted molar refractivity (Wildman–Crippen MR) is 127 cm³/mol. The van der Waals surface area contributed by atoms with E-state index < -0.39 is 11.9 Å². The van der Waals surface area contributed by atoms with Gasteiger partial charge in [-0.05, 0) is 54.9 Å². The number of hydrogen-bond acceptors (Lipinski definition) is 7. The highest BCUT2D eigenvalue weighted by Gasteiger charge is 2.38. The summed E-state index contributed by atoms with van der Waals surface area (Å²) >= 11 is 1.40. The van der Waals surface area contributed by atoms with Gasteiger partial charge in [-0.1, -0.05) is 31.4 Å². The lowest BCUT2D eigenvalue weighted by molar-refractivity contribution is -0.114. The highest BCUT2D eigenvalue weighted by atomic mass is 32.2. The van der Waals surface area contributed by atoms with Gasteiger partial charge in [0.15, 0.2) is 5.84 Å². The molecule has 1 aliphatic carbocycles. The van der Waals surface area contributed by atoms with Gasteiger partial charge >= 0.3 is 5.97 Å². The zero-order chi connectivity index (χ0) is 22.9. The van der Waals surface area contributed by atoms with E-state index in [1.807, 2.05) is 0 Å². The van der Waals surface area contributed by atoms with Crippen LogP contribution in [0.15, 0.2) is 56.5 Å². The van der Waals surface area contributed by atoms with Crippen LogP contribution in [0.2, 0.25) is 0 Å². The molecular weight excluding hydrogens is 440 g/mol. The smallest absolute Gasteiger partial charge is 0.337 e. The summed E-state index contributed by atoms with van der Waals surface area (Å²) in [5.41, 5.74) is 1.35. The summed E-state index contributed by atoms with van der Waals surface area (Å²) in [5.74, 6) is 0.507. The second kappa shape index (κ2) is 8.82. The van der Waals surface area contributed by atoms with Crippen molar-refractivity contribution in [1.29, 1.82) is 5.41 Å². The van der Waals surface area contributed by atoms with Crippen LogP contribution < -0.4 is 0 Å². The fourth-order valence-electron chi connectivity index (χ4n) is 4.14. The molecule has 33 heavy (non-hydrogen) atoms. The van der Waals surface area contributed by atoms with Crippen molar-refractivity contribution in [3.05, 3.63) is 53.3 Å². The molecule has 9 heteroatoms. The third-order valence-corrected chi connectivity index (χ3v) is 7.00. The van der Waals surface area contributed by atoms with Gasteiger partial charge in [-0.25, -0.2) is 4.79 Å². The molecule has 1 N–H and O–H groups in total. The van der Waals surface area contributed by atoms with Crippen molar-refractivity contribution in [3.63, 3.8) is 0 Å². The Morgan fingerprint density at radius 1 is 1.18 bits per heavy atom. The molecule has 0 unspecified atom stereocenters. The van der Waals surface area contributed by atoms with Crippen molar-refractivity contribution >= 4 is 45.8 Å². The zero-order valence-electron chi connectivity index (χ0n) is 18.0. The minimum Gasteiger partial charge on any atom is -0.465 e. The van der Waals surface area contributed by atoms with Gasteiger partial charge in [0.05, 0.1) is 18.2 Å². The van der Waals surface area contributed by atoms with E-state index in [9.17, 15) is 9.59 Å². The molecule has 3 aliphatic rings. The first kappa shape index (κ1) is 21.4. The Labute approximate surface area is 194 Å². The number of esters is 1. The third kappa shape index (κ3) is 4.16. The molecule has 1 saturated carbocycles. The van der Waals surface area contributed by atoms with Crippen LogP contribution in [0.25, 0.3) is 17.4 Å². The van der Waals surface area contributed by atoms with Gasteiger partial charge in [-0.2, -0.15) is 15.1 Å². The summed E-state index contributed by atoms with van der Waals surface area (Å²) in [6, 6.07) is 10.3. The van der Waals surface area contributed by atoms with Crippen molar-refractivity contribution in [2.75, 3.05) is 7.11 Å². The Hall–Kier alpha value is -3.46. The number of amides is 1. The second-order valence-electron chi connectivity index (χ2n) is 8.06. The third-order valence-electron chi connectivity index (χ3n) is 5.93. The minimum absolute atomic E-state index is 0.00342. The van der Waals surface area contributed by atoms with Gasteiger partial charge in [0.25, 0.3) is 5.91 Å². The standard InChI is InChI=1S/C24H22N4O4S/c1-31-23(30)16-9-7-14(8-10-16)19-12-11-17(32-19)13-18-20(25)28-24(26-21(18)29)33-22(27-28)15-5-3-2-4-6-15/h7-13,15,25H,2-6H2,1H3/b18-13-,25-20?. The number of thioether (sulfide) groups is 1. The maximum absolute atomic E-state index is 12.7. The fraction of sp³-hybridized carbons (Fsp3) is 0.292. The van der Waals surface area contributed by atoms with Crippen molar-refractivity contribution in [3.8, 4) is 11.3 Å². The van der Waals surface area contributed by atoms with Crippen molar-refractivity contribution < 1.29 is 18.7 Å². The molecule has 2 aliphatic heterocycles. The molecule has 168 valence electrons. The number of nitrogens with one attached hydrogen (secondary N) is 1. The Kier molecular flexibility index (Phi) is 5.72. The summed E-state index contributed by atoms with van der Waals surface area (Å²) in [4.78, 5) is 28.4. The average molecular weight is 463 g/mol. The lowest BCUT2D eigenvalue weighted by Crippen LogP contribution is -2.35. The van der Waals surface area contributed by atoms with Crippen LogP contribution >= 0.6 is 11.8 Å². The normalized spacial score (nSPS) is 20.0. The summed E-state index contributed by atoms with van der Waals surface area (Å²) < 4.78 is 10.6. The van der Waals surface area contributed by atoms with E-state index in [1.165, 1.54) is 49.2 Å². The molecule has 0 saturated heterocycles. The van der Waals surface area contributed by atoms with Gasteiger partial charge < -0.3 is 9.15 Å². The first-order valence-corrected chi connectivity index (χ1v) is 11.6. The topological polar surface area (TPSA) is 108 Å². The maximum Gasteiger partial charge on any atom is 0.337 e. The SMILES string of the molecule is COC(=O)c1ccc(-c2ccc(/C=C3/C(=N)N4N=C(C5CCCCC5)SC4=NC3=O)o2)cc1. The van der Waals surface area contributed by atoms with Crippen LogP contribution in [0.3, 0.4) is 0 Å². The Morgan fingerprint density at radius 2 is 1.94 bits per heavy atom. The number of ether oxygens (including phenoxy) is 1. The first-order chi connectivity index (χ1) is 16.0. The van der Waals surface area contributed by atoms with Crippen molar-refractivity contribution in [1.82, 2.24) is 5.01 Å². The number of aliphatic imine (C=N–C) groups is 1. The minimum atomic E-state index is -0.473. The largest absolute Gasteiger partial charge is 0.465 e. The number of methoxy groups -OCH3 is 1. The summed E-state index contributed by atoms with van der Waals surface area (Å²) in [6.07, 6.45) is 7.32. The number of benzene rings is 1. The Bertz CT molecular complexity index is 1220. The van der Waals surface area contributed by atoms with Gasteiger partial charge in [-0.3, -0.25) is 10.2 Å². The number of fused-ring (bicyclic) bond motifs is 1. The van der Waals surface area contributed by atoms with E-state index in [4.69, 9.17) is 14.6 Å². The van der Waals surface area contributed by atoms with Gasteiger partial charge in [0.1, 0.15) is 16.6 Å². The number of carbonyl (C=O) groups is 2. The first-order valence-electron chi connectivity index (χ1n) is 10.8. The second-order valence-corrected chi connectivity index (χ2v) is 9.05. The number of hydrogen-bond donors (Lipinski definition) is 1. The van der Waals surface area contributed by atoms with Crippen molar-refractivity contribution in [2.24, 2.45) is 16.0 Å². The maximum atomic E-state index is 12.7. The van der Waals surface area contributed by atoms with Crippen LogP contribution in [0, 0.1) is 11.3 Å². The number of nitrogens with zero attached hydrogens (tertiary/aromatic N) is 3. The van der Waals surface area contributed by atoms with E-state index in [2.05, 4.69) is 10.1 Å². The highest BCUT2D eigenvalue weighted by Crippen LogP contribution is 2.36. The number of furan rings is 1. The molecule has 1 aromatic carbocycles. The van der Waals surface area contributed by atoms with Gasteiger partial charge in [-0.15, -0.1) is 0 Å². The monoisotopic (exact) mass is 462 g/mol. The molecule has 5 rings (SSSR count). The van der Waals surface area contributed by atoms with Gasteiger partial charge in [0.2, 0.25) is 5.17 Å². The van der Waals surface area contributed by atoms with E-state index >= 15 is 0 Å².